The summed E-state index contributed by atoms with van der Waals surface area (Å²) in [6.07, 6.45) is 2.98. The van der Waals surface area contributed by atoms with Gasteiger partial charge in [-0.05, 0) is 35.0 Å². The first kappa shape index (κ1) is 19.6. The van der Waals surface area contributed by atoms with Gasteiger partial charge in [0.05, 0.1) is 5.69 Å². The van der Waals surface area contributed by atoms with E-state index in [0.717, 1.165) is 10.8 Å². The van der Waals surface area contributed by atoms with Gasteiger partial charge in [-0.3, -0.25) is 9.59 Å². The Bertz CT molecular complexity index is 1260. The monoisotopic (exact) mass is 411 g/mol. The third kappa shape index (κ3) is 4.32. The van der Waals surface area contributed by atoms with E-state index < -0.39 is 0 Å². The number of fused-ring (bicyclic) bond motifs is 1. The average Bonchev–Trinajstić information content (AvgIpc) is 2.79. The van der Waals surface area contributed by atoms with Crippen molar-refractivity contribution < 1.29 is 9.59 Å². The van der Waals surface area contributed by atoms with Gasteiger partial charge < -0.3 is 5.32 Å². The van der Waals surface area contributed by atoms with Crippen molar-refractivity contribution in [1.29, 1.82) is 0 Å². The molecule has 0 fully saturated rings. The maximum Gasteiger partial charge on any atom is 0.195 e. The Hall–Kier alpha value is -3.69. The first-order valence-electron chi connectivity index (χ1n) is 9.47. The second-order valence-electron chi connectivity index (χ2n) is 6.79. The fourth-order valence-corrected chi connectivity index (χ4v) is 3.40. The smallest absolute Gasteiger partial charge is 0.195 e. The van der Waals surface area contributed by atoms with Crippen molar-refractivity contribution in [3.63, 3.8) is 0 Å². The molecule has 1 N–H and O–H groups in total. The van der Waals surface area contributed by atoms with Crippen LogP contribution in [-0.2, 0) is 0 Å². The van der Waals surface area contributed by atoms with Crippen molar-refractivity contribution in [2.24, 2.45) is 0 Å². The van der Waals surface area contributed by atoms with Crippen molar-refractivity contribution in [3.05, 3.63) is 125 Å². The van der Waals surface area contributed by atoms with Crippen molar-refractivity contribution >= 4 is 39.6 Å². The maximum absolute atomic E-state index is 12.8. The van der Waals surface area contributed by atoms with Crippen LogP contribution in [0.2, 0.25) is 5.02 Å². The molecule has 0 aliphatic heterocycles. The lowest BCUT2D eigenvalue weighted by molar-refractivity contribution is 0.103. The van der Waals surface area contributed by atoms with E-state index in [1.165, 1.54) is 12.3 Å². The van der Waals surface area contributed by atoms with Crippen LogP contribution in [0, 0.1) is 0 Å². The van der Waals surface area contributed by atoms with Gasteiger partial charge in [-0.1, -0.05) is 78.3 Å². The molecule has 146 valence electrons. The number of anilines is 1. The Morgan fingerprint density at radius 2 is 1.47 bits per heavy atom. The van der Waals surface area contributed by atoms with E-state index in [-0.39, 0.29) is 11.6 Å². The lowest BCUT2D eigenvalue weighted by atomic mass is 10.0. The predicted molar refractivity (Wildman–Crippen MR) is 122 cm³/mol. The number of benzene rings is 4. The van der Waals surface area contributed by atoms with E-state index in [2.05, 4.69) is 5.32 Å². The molecule has 4 aromatic carbocycles. The number of halogens is 1. The minimum absolute atomic E-state index is 0.121. The van der Waals surface area contributed by atoms with E-state index in [4.69, 9.17) is 11.6 Å². The SMILES string of the molecule is O=C(/C=C\Nc1cc(Cl)ccc1C(=O)c1ccccc1)c1ccc2ccccc2c1. The highest BCUT2D eigenvalue weighted by Gasteiger charge is 2.13. The zero-order valence-electron chi connectivity index (χ0n) is 16.0. The Morgan fingerprint density at radius 1 is 0.733 bits per heavy atom. The molecule has 0 aromatic heterocycles. The maximum atomic E-state index is 12.8. The summed E-state index contributed by atoms with van der Waals surface area (Å²) in [6, 6.07) is 27.5. The molecule has 3 nitrogen and oxygen atoms in total. The van der Waals surface area contributed by atoms with Crippen LogP contribution < -0.4 is 5.32 Å². The largest absolute Gasteiger partial charge is 0.361 e. The van der Waals surface area contributed by atoms with Gasteiger partial charge in [-0.25, -0.2) is 0 Å². The van der Waals surface area contributed by atoms with E-state index in [9.17, 15) is 9.59 Å². The second-order valence-corrected chi connectivity index (χ2v) is 7.23. The van der Waals surface area contributed by atoms with Crippen LogP contribution in [0.1, 0.15) is 26.3 Å². The predicted octanol–water partition coefficient (Wildman–Crippen LogP) is 6.53. The molecule has 0 unspecified atom stereocenters. The summed E-state index contributed by atoms with van der Waals surface area (Å²) in [5.74, 6) is -0.254. The third-order valence-electron chi connectivity index (χ3n) is 4.77. The second kappa shape index (κ2) is 8.76. The molecule has 0 aliphatic carbocycles. The van der Waals surface area contributed by atoms with Crippen molar-refractivity contribution in [3.8, 4) is 0 Å². The summed E-state index contributed by atoms with van der Waals surface area (Å²) in [7, 11) is 0. The van der Waals surface area contributed by atoms with Crippen LogP contribution in [0.15, 0.2) is 103 Å². The molecule has 0 aliphatic rings. The molecular formula is C26H18ClNO2. The highest BCUT2D eigenvalue weighted by atomic mass is 35.5. The van der Waals surface area contributed by atoms with E-state index >= 15 is 0 Å². The molecule has 0 atom stereocenters. The summed E-state index contributed by atoms with van der Waals surface area (Å²) < 4.78 is 0. The Balaban J connectivity index is 1.55. The number of carbonyl (C=O) groups excluding carboxylic acids is 2. The van der Waals surface area contributed by atoms with Crippen molar-refractivity contribution in [1.82, 2.24) is 0 Å². The van der Waals surface area contributed by atoms with Crippen LogP contribution in [0.3, 0.4) is 0 Å². The molecule has 0 saturated heterocycles. The number of ketones is 2. The van der Waals surface area contributed by atoms with Gasteiger partial charge in [0.25, 0.3) is 0 Å². The van der Waals surface area contributed by atoms with Gasteiger partial charge >= 0.3 is 0 Å². The number of nitrogens with one attached hydrogen (secondary N) is 1. The van der Waals surface area contributed by atoms with Crippen LogP contribution in [0.25, 0.3) is 10.8 Å². The minimum Gasteiger partial charge on any atom is -0.361 e. The lowest BCUT2D eigenvalue weighted by Crippen LogP contribution is -2.05. The third-order valence-corrected chi connectivity index (χ3v) is 5.00. The number of carbonyl (C=O) groups is 2. The topological polar surface area (TPSA) is 46.2 Å². The molecule has 0 radical (unpaired) electrons. The minimum atomic E-state index is -0.133. The Kier molecular flexibility index (Phi) is 5.73. The number of hydrogen-bond acceptors (Lipinski definition) is 3. The fourth-order valence-electron chi connectivity index (χ4n) is 3.22. The summed E-state index contributed by atoms with van der Waals surface area (Å²) in [6.45, 7) is 0. The molecule has 4 rings (SSSR count). The molecule has 0 spiro atoms. The lowest BCUT2D eigenvalue weighted by Gasteiger charge is -2.09. The van der Waals surface area contributed by atoms with E-state index in [0.29, 0.717) is 27.4 Å². The standard InChI is InChI=1S/C26H18ClNO2/c27-22-12-13-23(26(30)19-7-2-1-3-8-19)24(17-22)28-15-14-25(29)21-11-10-18-6-4-5-9-20(18)16-21/h1-17,28H/b15-14-. The van der Waals surface area contributed by atoms with Gasteiger partial charge in [0, 0.05) is 34.0 Å². The average molecular weight is 412 g/mol. The Morgan fingerprint density at radius 3 is 2.27 bits per heavy atom. The van der Waals surface area contributed by atoms with Gasteiger partial charge in [-0.2, -0.15) is 0 Å². The van der Waals surface area contributed by atoms with Gasteiger partial charge in [0.1, 0.15) is 0 Å². The fraction of sp³-hybridized carbons (Fsp3) is 0. The van der Waals surface area contributed by atoms with Crippen LogP contribution >= 0.6 is 11.6 Å². The highest BCUT2D eigenvalue weighted by Crippen LogP contribution is 2.24. The van der Waals surface area contributed by atoms with Gasteiger partial charge in [0.15, 0.2) is 11.6 Å². The van der Waals surface area contributed by atoms with Crippen molar-refractivity contribution in [2.75, 3.05) is 5.32 Å². The quantitative estimate of drug-likeness (QED) is 0.289. The molecule has 30 heavy (non-hydrogen) atoms. The van der Waals surface area contributed by atoms with Crippen molar-refractivity contribution in [2.45, 2.75) is 0 Å². The molecule has 0 saturated carbocycles. The first-order valence-corrected chi connectivity index (χ1v) is 9.85. The first-order chi connectivity index (χ1) is 14.6. The van der Waals surface area contributed by atoms with Crippen LogP contribution in [0.4, 0.5) is 5.69 Å². The van der Waals surface area contributed by atoms with Crippen LogP contribution in [0.5, 0.6) is 0 Å². The normalized spacial score (nSPS) is 11.0. The molecular weight excluding hydrogens is 394 g/mol. The van der Waals surface area contributed by atoms with Gasteiger partial charge in [0.2, 0.25) is 0 Å². The van der Waals surface area contributed by atoms with Crippen LogP contribution in [-0.4, -0.2) is 11.6 Å². The highest BCUT2D eigenvalue weighted by molar-refractivity contribution is 6.31. The van der Waals surface area contributed by atoms with E-state index in [1.54, 1.807) is 36.4 Å². The zero-order valence-corrected chi connectivity index (χ0v) is 16.8. The van der Waals surface area contributed by atoms with Gasteiger partial charge in [-0.15, -0.1) is 0 Å². The summed E-state index contributed by atoms with van der Waals surface area (Å²) >= 11 is 6.12. The number of hydrogen-bond donors (Lipinski definition) is 1. The van der Waals surface area contributed by atoms with E-state index in [1.807, 2.05) is 54.6 Å². The molecule has 4 heteroatoms. The molecule has 0 bridgehead atoms. The molecule has 0 heterocycles. The summed E-state index contributed by atoms with van der Waals surface area (Å²) in [4.78, 5) is 25.4. The molecule has 0 amide bonds. The summed E-state index contributed by atoms with van der Waals surface area (Å²) in [5.41, 5.74) is 2.20. The Labute approximate surface area is 179 Å². The number of allylic oxidation sites excluding steroid dienone is 1. The number of rotatable bonds is 6. The zero-order chi connectivity index (χ0) is 20.9. The molecule has 4 aromatic rings. The summed E-state index contributed by atoms with van der Waals surface area (Å²) in [5, 5.41) is 5.62.